The van der Waals surface area contributed by atoms with Crippen molar-refractivity contribution in [2.45, 2.75) is 13.5 Å². The fourth-order valence-electron chi connectivity index (χ4n) is 3.25. The first-order valence-electron chi connectivity index (χ1n) is 8.96. The third-order valence-electron chi connectivity index (χ3n) is 4.56. The molecule has 30 heavy (non-hydrogen) atoms. The minimum Gasteiger partial charge on any atom is -0.494 e. The van der Waals surface area contributed by atoms with E-state index in [0.29, 0.717) is 22.8 Å². The second kappa shape index (κ2) is 7.66. The molecule has 0 spiro atoms. The van der Waals surface area contributed by atoms with Crippen LogP contribution in [0.2, 0.25) is 0 Å². The van der Waals surface area contributed by atoms with Crippen LogP contribution in [-0.2, 0) is 11.3 Å². The summed E-state index contributed by atoms with van der Waals surface area (Å²) in [4.78, 5) is 27.4. The summed E-state index contributed by atoms with van der Waals surface area (Å²) in [5, 5.41) is 18.9. The van der Waals surface area contributed by atoms with Crippen LogP contribution in [0.3, 0.4) is 0 Å². The average Bonchev–Trinajstić information content (AvgIpc) is 3.37. The summed E-state index contributed by atoms with van der Waals surface area (Å²) in [5.74, 6) is 0.499. The maximum Gasteiger partial charge on any atom is 0.273 e. The number of nitro groups is 1. The number of rotatable bonds is 6. The third kappa shape index (κ3) is 3.46. The topological polar surface area (TPSA) is 125 Å². The second-order valence-corrected chi connectivity index (χ2v) is 6.47. The molecule has 152 valence electrons. The van der Waals surface area contributed by atoms with E-state index in [9.17, 15) is 14.9 Å². The smallest absolute Gasteiger partial charge is 0.273 e. The minimum absolute atomic E-state index is 0.0981. The molecule has 4 rings (SSSR count). The van der Waals surface area contributed by atoms with Crippen LogP contribution in [-0.4, -0.2) is 32.7 Å². The van der Waals surface area contributed by atoms with Crippen molar-refractivity contribution in [1.29, 1.82) is 0 Å². The van der Waals surface area contributed by atoms with Gasteiger partial charge in [0.25, 0.3) is 5.69 Å². The van der Waals surface area contributed by atoms with Crippen LogP contribution in [0.25, 0.3) is 22.4 Å². The Morgan fingerprint density at radius 2 is 2.17 bits per heavy atom. The number of benzene rings is 1. The highest BCUT2D eigenvalue weighted by atomic mass is 16.6. The van der Waals surface area contributed by atoms with Gasteiger partial charge in [-0.2, -0.15) is 5.10 Å². The van der Waals surface area contributed by atoms with Crippen LogP contribution < -0.4 is 10.1 Å². The first kappa shape index (κ1) is 19.1. The molecule has 1 aromatic carbocycles. The summed E-state index contributed by atoms with van der Waals surface area (Å²) >= 11 is 0. The van der Waals surface area contributed by atoms with E-state index in [-0.39, 0.29) is 23.9 Å². The van der Waals surface area contributed by atoms with E-state index in [2.05, 4.69) is 15.4 Å². The molecule has 3 heterocycles. The number of aryl methyl sites for hydroxylation is 1. The van der Waals surface area contributed by atoms with Gasteiger partial charge in [0.2, 0.25) is 5.91 Å². The van der Waals surface area contributed by atoms with Crippen LogP contribution in [0.5, 0.6) is 5.75 Å². The largest absolute Gasteiger partial charge is 0.494 e. The van der Waals surface area contributed by atoms with Crippen molar-refractivity contribution in [1.82, 2.24) is 14.8 Å². The lowest BCUT2D eigenvalue weighted by Gasteiger charge is -2.10. The Morgan fingerprint density at radius 3 is 2.87 bits per heavy atom. The first-order valence-corrected chi connectivity index (χ1v) is 8.96. The zero-order valence-corrected chi connectivity index (χ0v) is 16.2. The lowest BCUT2D eigenvalue weighted by Crippen LogP contribution is -2.20. The average molecular weight is 407 g/mol. The van der Waals surface area contributed by atoms with E-state index in [1.165, 1.54) is 30.0 Å². The Kier molecular flexibility index (Phi) is 4.88. The Bertz CT molecular complexity index is 1250. The van der Waals surface area contributed by atoms with E-state index in [1.54, 1.807) is 18.5 Å². The van der Waals surface area contributed by atoms with Crippen molar-refractivity contribution >= 4 is 28.3 Å². The van der Waals surface area contributed by atoms with E-state index in [0.717, 1.165) is 10.9 Å². The number of non-ortho nitro benzene ring substituents is 1. The van der Waals surface area contributed by atoms with Crippen LogP contribution in [0.15, 0.2) is 53.3 Å². The summed E-state index contributed by atoms with van der Waals surface area (Å²) in [7, 11) is 1.37. The highest BCUT2D eigenvalue weighted by Crippen LogP contribution is 2.31. The molecule has 0 aliphatic heterocycles. The lowest BCUT2D eigenvalue weighted by atomic mass is 10.1. The Morgan fingerprint density at radius 1 is 1.33 bits per heavy atom. The molecular formula is C20H17N5O5. The number of nitro benzene ring substituents is 1. The fourth-order valence-corrected chi connectivity index (χ4v) is 3.25. The van der Waals surface area contributed by atoms with Crippen LogP contribution >= 0.6 is 0 Å². The van der Waals surface area contributed by atoms with Crippen LogP contribution in [0.4, 0.5) is 11.4 Å². The molecule has 1 N–H and O–H groups in total. The number of hydrogen-bond donors (Lipinski definition) is 1. The predicted molar refractivity (Wildman–Crippen MR) is 108 cm³/mol. The SMILES string of the molecule is COc1cc([N+](=O)[O-])ccc1NC(=O)Cn1nc(C)c2c(-c3ccco3)ccnc21. The maximum atomic E-state index is 12.6. The summed E-state index contributed by atoms with van der Waals surface area (Å²) in [6.07, 6.45) is 3.22. The first-order chi connectivity index (χ1) is 14.5. The number of carbonyl (C=O) groups is 1. The molecule has 10 heteroatoms. The summed E-state index contributed by atoms with van der Waals surface area (Å²) in [5.41, 5.74) is 2.29. The fraction of sp³-hybridized carbons (Fsp3) is 0.150. The molecule has 0 fully saturated rings. The molecule has 0 atom stereocenters. The number of hydrogen-bond acceptors (Lipinski definition) is 7. The molecule has 3 aromatic heterocycles. The molecule has 0 aliphatic carbocycles. The standard InChI is InChI=1S/C20H17N5O5/c1-12-19-14(16-4-3-9-30-16)7-8-21-20(19)24(23-12)11-18(26)22-15-6-5-13(25(27)28)10-17(15)29-2/h3-10H,11H2,1-2H3,(H,22,26). The number of aromatic nitrogens is 3. The summed E-state index contributed by atoms with van der Waals surface area (Å²) in [6, 6.07) is 9.45. The summed E-state index contributed by atoms with van der Waals surface area (Å²) < 4.78 is 12.2. The van der Waals surface area contributed by atoms with Gasteiger partial charge in [0.1, 0.15) is 18.1 Å². The normalized spacial score (nSPS) is 10.9. The summed E-state index contributed by atoms with van der Waals surface area (Å²) in [6.45, 7) is 1.74. The number of ether oxygens (including phenoxy) is 1. The van der Waals surface area contributed by atoms with Gasteiger partial charge in [-0.1, -0.05) is 0 Å². The highest BCUT2D eigenvalue weighted by molar-refractivity contribution is 5.96. The van der Waals surface area contributed by atoms with Gasteiger partial charge >= 0.3 is 0 Å². The molecule has 0 aliphatic rings. The van der Waals surface area contributed by atoms with Gasteiger partial charge < -0.3 is 14.5 Å². The number of furan rings is 1. The Hall–Kier alpha value is -4.21. The van der Waals surface area contributed by atoms with Gasteiger partial charge in [-0.25, -0.2) is 9.67 Å². The molecular weight excluding hydrogens is 390 g/mol. The molecule has 0 unspecified atom stereocenters. The van der Waals surface area contributed by atoms with Gasteiger partial charge in [-0.05, 0) is 31.2 Å². The van der Waals surface area contributed by atoms with Crippen molar-refractivity contribution in [3.8, 4) is 17.1 Å². The molecule has 4 aromatic rings. The van der Waals surface area contributed by atoms with Gasteiger partial charge in [0.05, 0.1) is 41.1 Å². The molecule has 1 amide bonds. The van der Waals surface area contributed by atoms with Crippen molar-refractivity contribution in [3.63, 3.8) is 0 Å². The van der Waals surface area contributed by atoms with E-state index in [4.69, 9.17) is 9.15 Å². The minimum atomic E-state index is -0.533. The number of nitrogens with zero attached hydrogens (tertiary/aromatic N) is 4. The zero-order valence-electron chi connectivity index (χ0n) is 16.2. The Balaban J connectivity index is 1.62. The van der Waals surface area contributed by atoms with Crippen molar-refractivity contribution in [2.75, 3.05) is 12.4 Å². The van der Waals surface area contributed by atoms with Crippen molar-refractivity contribution in [2.24, 2.45) is 0 Å². The number of carbonyl (C=O) groups excluding carboxylic acids is 1. The van der Waals surface area contributed by atoms with Crippen LogP contribution in [0, 0.1) is 17.0 Å². The maximum absolute atomic E-state index is 12.6. The monoisotopic (exact) mass is 407 g/mol. The van der Waals surface area contributed by atoms with E-state index in [1.807, 2.05) is 19.1 Å². The van der Waals surface area contributed by atoms with Gasteiger partial charge in [-0.3, -0.25) is 14.9 Å². The Labute approximate surface area is 170 Å². The van der Waals surface area contributed by atoms with Gasteiger partial charge in [-0.15, -0.1) is 0 Å². The highest BCUT2D eigenvalue weighted by Gasteiger charge is 2.18. The molecule has 10 nitrogen and oxygen atoms in total. The molecule has 0 saturated carbocycles. The van der Waals surface area contributed by atoms with Gasteiger partial charge in [0.15, 0.2) is 5.65 Å². The van der Waals surface area contributed by atoms with Crippen LogP contribution in [0.1, 0.15) is 5.69 Å². The van der Waals surface area contributed by atoms with Crippen molar-refractivity contribution in [3.05, 3.63) is 64.7 Å². The zero-order chi connectivity index (χ0) is 21.3. The number of fused-ring (bicyclic) bond motifs is 1. The second-order valence-electron chi connectivity index (χ2n) is 6.47. The molecule has 0 radical (unpaired) electrons. The number of pyridine rings is 1. The van der Waals surface area contributed by atoms with E-state index >= 15 is 0 Å². The predicted octanol–water partition coefficient (Wildman–Crippen LogP) is 3.56. The number of amides is 1. The van der Waals surface area contributed by atoms with Gasteiger partial charge in [0, 0.05) is 17.8 Å². The number of nitrogens with one attached hydrogen (secondary N) is 1. The van der Waals surface area contributed by atoms with Crippen molar-refractivity contribution < 1.29 is 18.9 Å². The number of methoxy groups -OCH3 is 1. The third-order valence-corrected chi connectivity index (χ3v) is 4.56. The van der Waals surface area contributed by atoms with E-state index < -0.39 is 4.92 Å². The lowest BCUT2D eigenvalue weighted by molar-refractivity contribution is -0.384. The molecule has 0 saturated heterocycles. The molecule has 0 bridgehead atoms. The number of anilines is 1. The quantitative estimate of drug-likeness (QED) is 0.383.